The van der Waals surface area contributed by atoms with Gasteiger partial charge in [-0.05, 0) is 57.9 Å². The lowest BCUT2D eigenvalue weighted by Crippen LogP contribution is -2.75. The van der Waals surface area contributed by atoms with E-state index in [4.69, 9.17) is 4.74 Å². The van der Waals surface area contributed by atoms with Crippen molar-refractivity contribution in [1.82, 2.24) is 4.98 Å². The summed E-state index contributed by atoms with van der Waals surface area (Å²) in [7, 11) is 0. The smallest absolute Gasteiger partial charge is 0.416 e. The molecule has 0 bridgehead atoms. The van der Waals surface area contributed by atoms with Crippen LogP contribution in [0.1, 0.15) is 60.6 Å². The zero-order chi connectivity index (χ0) is 65.4. The molecule has 0 fully saturated rings. The summed E-state index contributed by atoms with van der Waals surface area (Å²) in [6.07, 6.45) is -49.8. The fourth-order valence-electron chi connectivity index (χ4n) is 10.5. The molecule has 0 unspecified atom stereocenters. The van der Waals surface area contributed by atoms with Gasteiger partial charge in [0.25, 0.3) is 0 Å². The van der Waals surface area contributed by atoms with Crippen LogP contribution in [0.4, 0.5) is 105 Å². The molecule has 0 saturated heterocycles. The number of benzene rings is 9. The van der Waals surface area contributed by atoms with Crippen molar-refractivity contribution < 1.29 is 119 Å². The zero-order valence-corrected chi connectivity index (χ0v) is 43.8. The molecule has 4 nitrogen and oxygen atoms in total. The van der Waals surface area contributed by atoms with E-state index < -0.39 is 201 Å². The van der Waals surface area contributed by atoms with Crippen molar-refractivity contribution in [2.75, 3.05) is 0 Å². The Morgan fingerprint density at radius 3 is 1.06 bits per heavy atom. The van der Waals surface area contributed by atoms with Crippen LogP contribution in [-0.4, -0.2) is 17.1 Å². The van der Waals surface area contributed by atoms with E-state index in [-0.39, 0.29) is 0 Å². The zero-order valence-electron chi connectivity index (χ0n) is 43.8. The maximum Gasteiger partial charge on any atom is 0.416 e. The summed E-state index contributed by atoms with van der Waals surface area (Å²) in [6, 6.07) is 19.7. The second kappa shape index (κ2) is 22.5. The number of rotatable bonds is 8. The average molecular weight is 1280 g/mol. The first-order valence-electron chi connectivity index (χ1n) is 25.2. The van der Waals surface area contributed by atoms with Gasteiger partial charge in [0, 0.05) is 16.3 Å². The predicted molar refractivity (Wildman–Crippen MR) is 275 cm³/mol. The lowest BCUT2D eigenvalue weighted by Gasteiger charge is -2.46. The summed E-state index contributed by atoms with van der Waals surface area (Å²) in [6.45, 7) is 0.562. The first kappa shape index (κ1) is 64.4. The number of nitrogens with zero attached hydrogens (tertiary/aromatic N) is 2. The number of aromatic nitrogens is 2. The van der Waals surface area contributed by atoms with Crippen molar-refractivity contribution in [3.63, 3.8) is 0 Å². The Morgan fingerprint density at radius 1 is 0.382 bits per heavy atom. The molecule has 0 saturated carbocycles. The van der Waals surface area contributed by atoms with Crippen molar-refractivity contribution in [1.29, 1.82) is 0 Å². The van der Waals surface area contributed by atoms with Gasteiger partial charge in [-0.2, -0.15) is 132 Å². The van der Waals surface area contributed by atoms with Crippen LogP contribution >= 0.6 is 0 Å². The summed E-state index contributed by atoms with van der Waals surface area (Å²) >= 11 is 0. The second-order valence-electron chi connectivity index (χ2n) is 20.1. The van der Waals surface area contributed by atoms with E-state index in [0.29, 0.717) is 18.0 Å². The molecule has 464 valence electrons. The van der Waals surface area contributed by atoms with Crippen LogP contribution in [0, 0.1) is 0 Å². The Balaban J connectivity index is 0.000000245. The highest BCUT2D eigenvalue weighted by atomic mass is 19.4. The molecule has 0 spiro atoms. The van der Waals surface area contributed by atoms with Crippen LogP contribution in [0.15, 0.2) is 176 Å². The lowest BCUT2D eigenvalue weighted by atomic mass is 9.12. The molecule has 1 aromatic heterocycles. The quantitative estimate of drug-likeness (QED) is 0.0380. The third-order valence-corrected chi connectivity index (χ3v) is 14.4. The van der Waals surface area contributed by atoms with Gasteiger partial charge in [-0.25, -0.2) is 4.79 Å². The van der Waals surface area contributed by atoms with E-state index in [1.807, 2.05) is 53.1 Å². The summed E-state index contributed by atoms with van der Waals surface area (Å²) in [5.74, 6) is 0.125. The van der Waals surface area contributed by atoms with Gasteiger partial charge in [0.1, 0.15) is 18.1 Å². The minimum Gasteiger partial charge on any atom is -0.418 e. The van der Waals surface area contributed by atoms with Gasteiger partial charge in [-0.15, -0.1) is 0 Å². The average Bonchev–Trinajstić information content (AvgIpc) is 0.767. The molecular weight excluding hydrogens is 1250 g/mol. The summed E-state index contributed by atoms with van der Waals surface area (Å²) in [5, 5.41) is 6.73. The number of hydrogen-bond acceptors (Lipinski definition) is 3. The SMILES string of the molecule is FC(F)(F)c1cc([B-](c2cc(C(F)(F)F)cc(C(F)(F)F)c2)(c2cc(C(F)(F)F)cc(C(F)(F)F)c2)c2cc(C(F)(F)F)cc(C(F)(F)F)c2)cc(C(F)(F)F)c1.O=C(Oc1ccc2ccc3cccc4ccc1c2c34)c1cncc[n+]1Cc1ccccc1. The highest BCUT2D eigenvalue weighted by Gasteiger charge is 2.47. The number of halogens is 24. The van der Waals surface area contributed by atoms with E-state index >= 15 is 0 Å². The normalized spacial score (nSPS) is 13.3. The van der Waals surface area contributed by atoms with E-state index in [9.17, 15) is 110 Å². The minimum atomic E-state index is -6.13. The predicted octanol–water partition coefficient (Wildman–Crippen LogP) is 16.7. The Morgan fingerprint density at radius 2 is 0.708 bits per heavy atom. The number of alkyl halides is 24. The van der Waals surface area contributed by atoms with Crippen molar-refractivity contribution in [3.8, 4) is 5.75 Å². The summed E-state index contributed by atoms with van der Waals surface area (Å²) in [5.41, 5.74) is -28.7. The highest BCUT2D eigenvalue weighted by molar-refractivity contribution is 7.20. The van der Waals surface area contributed by atoms with Crippen LogP contribution in [-0.2, 0) is 56.0 Å². The van der Waals surface area contributed by atoms with Gasteiger partial charge in [-0.1, -0.05) is 121 Å². The third kappa shape index (κ3) is 13.4. The van der Waals surface area contributed by atoms with Crippen LogP contribution in [0.25, 0.3) is 32.3 Å². The van der Waals surface area contributed by atoms with Gasteiger partial charge in [0.2, 0.25) is 0 Å². The molecule has 89 heavy (non-hydrogen) atoms. The maximum atomic E-state index is 14.2. The fraction of sp³-hybridized carbons (Fsp3) is 0.150. The molecule has 0 aliphatic carbocycles. The Labute approximate surface area is 483 Å². The molecule has 9 aromatic carbocycles. The van der Waals surface area contributed by atoms with Crippen molar-refractivity contribution >= 4 is 66.3 Å². The molecule has 0 atom stereocenters. The number of esters is 1. The molecular formula is C60H31BF24N2O2. The van der Waals surface area contributed by atoms with Crippen LogP contribution in [0.3, 0.4) is 0 Å². The molecule has 29 heteroatoms. The lowest BCUT2D eigenvalue weighted by molar-refractivity contribution is -0.691. The molecule has 0 aliphatic rings. The van der Waals surface area contributed by atoms with Gasteiger partial charge in [0.05, 0.1) is 50.7 Å². The first-order chi connectivity index (χ1) is 41.0. The Kier molecular flexibility index (Phi) is 16.3. The number of ether oxygens (including phenoxy) is 1. The molecule has 1 heterocycles. The number of hydrogen-bond donors (Lipinski definition) is 0. The van der Waals surface area contributed by atoms with Crippen LogP contribution < -0.4 is 31.2 Å². The van der Waals surface area contributed by atoms with Crippen molar-refractivity contribution in [2.24, 2.45) is 0 Å². The second-order valence-corrected chi connectivity index (χ2v) is 20.1. The molecule has 0 amide bonds. The summed E-state index contributed by atoms with van der Waals surface area (Å²) in [4.78, 5) is 17.4. The first-order valence-corrected chi connectivity index (χ1v) is 25.2. The van der Waals surface area contributed by atoms with Crippen molar-refractivity contribution in [2.45, 2.75) is 56.0 Å². The third-order valence-electron chi connectivity index (χ3n) is 14.4. The molecule has 0 N–H and O–H groups in total. The van der Waals surface area contributed by atoms with Gasteiger partial charge in [-0.3, -0.25) is 4.98 Å². The molecule has 10 aromatic rings. The van der Waals surface area contributed by atoms with Gasteiger partial charge >= 0.3 is 61.1 Å². The molecule has 0 aliphatic heterocycles. The van der Waals surface area contributed by atoms with Crippen LogP contribution in [0.5, 0.6) is 5.75 Å². The number of carbonyl (C=O) groups is 1. The number of carbonyl (C=O) groups excluding carboxylic acids is 1. The highest BCUT2D eigenvalue weighted by Crippen LogP contribution is 2.43. The summed E-state index contributed by atoms with van der Waals surface area (Å²) < 4.78 is 349. The van der Waals surface area contributed by atoms with Gasteiger partial charge < -0.3 is 4.74 Å². The van der Waals surface area contributed by atoms with Gasteiger partial charge in [0.15, 0.2) is 12.7 Å². The van der Waals surface area contributed by atoms with E-state index in [0.717, 1.165) is 21.7 Å². The largest absolute Gasteiger partial charge is 0.418 e. The topological polar surface area (TPSA) is 43.1 Å². The molecule has 10 rings (SSSR count). The minimum absolute atomic E-state index is 0.405. The Bertz CT molecular complexity index is 3840. The van der Waals surface area contributed by atoms with Crippen molar-refractivity contribution in [3.05, 3.63) is 232 Å². The monoisotopic (exact) mass is 1280 g/mol. The van der Waals surface area contributed by atoms with E-state index in [1.165, 1.54) is 16.2 Å². The standard InChI is InChI=1S/C32H12BF24.C28H19N2O2/c34-25(35,36)13-1-14(26(37,38)39)6-21(5-13)33(22-7-15(27(40,41)42)2-16(8-22)28(43,44)45,23-9-17(29(46,47)48)3-18(10-23)30(49,50)51)24-11-19(31(52,53)54)4-20(12-24)32(55,56)57;31-28(24-17-29-15-16-30(24)18-19-5-2-1-3-6-19)32-25-14-12-22-10-9-20-7-4-8-21-11-13-23(25)27(22)26(20)21/h1-12H;1-17H,18H2/q-1;+1. The Hall–Kier alpha value is -9.05. The van der Waals surface area contributed by atoms with E-state index in [2.05, 4.69) is 41.4 Å². The molecule has 0 radical (unpaired) electrons. The van der Waals surface area contributed by atoms with Crippen LogP contribution in [0.2, 0.25) is 0 Å². The fourth-order valence-corrected chi connectivity index (χ4v) is 10.5. The van der Waals surface area contributed by atoms with E-state index in [1.54, 1.807) is 18.6 Å². The maximum absolute atomic E-state index is 14.2.